The molecule has 0 aliphatic carbocycles. The van der Waals surface area contributed by atoms with E-state index in [2.05, 4.69) is 25.7 Å². The minimum Gasteiger partial charge on any atom is -0.327 e. The number of nitrogens with two attached hydrogens (primary N) is 1. The summed E-state index contributed by atoms with van der Waals surface area (Å²) in [6, 6.07) is 1.11. The molecule has 1 fully saturated rings. The summed E-state index contributed by atoms with van der Waals surface area (Å²) in [7, 11) is 0. The summed E-state index contributed by atoms with van der Waals surface area (Å²) >= 11 is 0. The normalized spacial score (nSPS) is 31.7. The molecule has 2 N–H and O–H groups in total. The van der Waals surface area contributed by atoms with E-state index in [0.717, 1.165) is 24.9 Å². The van der Waals surface area contributed by atoms with E-state index in [1.54, 1.807) is 0 Å². The first-order chi connectivity index (χ1) is 6.65. The molecule has 0 aromatic carbocycles. The first-order valence-electron chi connectivity index (χ1n) is 6.14. The van der Waals surface area contributed by atoms with Crippen LogP contribution < -0.4 is 5.73 Å². The predicted molar refractivity (Wildman–Crippen MR) is 62.3 cm³/mol. The third-order valence-electron chi connectivity index (χ3n) is 3.63. The number of nitrogens with zero attached hydrogens (tertiary/aromatic N) is 1. The molecule has 0 saturated carbocycles. The van der Waals surface area contributed by atoms with Crippen molar-refractivity contribution in [3.8, 4) is 0 Å². The molecule has 2 heteroatoms. The summed E-state index contributed by atoms with van der Waals surface area (Å²) in [5.74, 6) is 0.845. The van der Waals surface area contributed by atoms with Gasteiger partial charge in [-0.25, -0.2) is 0 Å². The summed E-state index contributed by atoms with van der Waals surface area (Å²) < 4.78 is 0. The third kappa shape index (κ3) is 3.25. The minimum absolute atomic E-state index is 0.382. The van der Waals surface area contributed by atoms with Crippen molar-refractivity contribution in [3.05, 3.63) is 0 Å². The Morgan fingerprint density at radius 2 is 2.14 bits per heavy atom. The van der Waals surface area contributed by atoms with Crippen LogP contribution in [-0.2, 0) is 0 Å². The quantitative estimate of drug-likeness (QED) is 0.750. The highest BCUT2D eigenvalue weighted by Gasteiger charge is 2.25. The Morgan fingerprint density at radius 3 is 2.79 bits per heavy atom. The smallest absolute Gasteiger partial charge is 0.0167 e. The molecule has 0 radical (unpaired) electrons. The molecule has 1 aliphatic rings. The summed E-state index contributed by atoms with van der Waals surface area (Å²) in [6.45, 7) is 9.27. The summed E-state index contributed by atoms with van der Waals surface area (Å²) in [5.41, 5.74) is 6.08. The molecule has 1 rings (SSSR count). The van der Waals surface area contributed by atoms with Gasteiger partial charge in [-0.15, -0.1) is 0 Å². The molecule has 0 spiro atoms. The Hall–Kier alpha value is -0.0800. The highest BCUT2D eigenvalue weighted by Crippen LogP contribution is 2.22. The van der Waals surface area contributed by atoms with Crippen LogP contribution in [0.1, 0.15) is 46.5 Å². The monoisotopic (exact) mass is 198 g/mol. The van der Waals surface area contributed by atoms with Crippen LogP contribution in [0.5, 0.6) is 0 Å². The molecule has 0 bridgehead atoms. The number of rotatable bonds is 4. The van der Waals surface area contributed by atoms with E-state index in [4.69, 9.17) is 5.73 Å². The van der Waals surface area contributed by atoms with Gasteiger partial charge >= 0.3 is 0 Å². The zero-order valence-electron chi connectivity index (χ0n) is 10.00. The van der Waals surface area contributed by atoms with Gasteiger partial charge in [-0.3, -0.25) is 4.90 Å². The molecular weight excluding hydrogens is 172 g/mol. The fraction of sp³-hybridized carbons (Fsp3) is 1.00. The maximum Gasteiger partial charge on any atom is 0.0167 e. The lowest BCUT2D eigenvalue weighted by Gasteiger charge is -2.39. The van der Waals surface area contributed by atoms with Crippen molar-refractivity contribution >= 4 is 0 Å². The summed E-state index contributed by atoms with van der Waals surface area (Å²) in [6.07, 6.45) is 5.11. The lowest BCUT2D eigenvalue weighted by atomic mass is 9.91. The Kier molecular flexibility index (Phi) is 4.90. The minimum atomic E-state index is 0.382. The van der Waals surface area contributed by atoms with Gasteiger partial charge in [0.15, 0.2) is 0 Å². The van der Waals surface area contributed by atoms with Gasteiger partial charge in [0, 0.05) is 18.6 Å². The van der Waals surface area contributed by atoms with Crippen molar-refractivity contribution in [2.75, 3.05) is 13.1 Å². The molecule has 2 nitrogen and oxygen atoms in total. The van der Waals surface area contributed by atoms with Crippen LogP contribution >= 0.6 is 0 Å². The second-order valence-corrected chi connectivity index (χ2v) is 4.90. The van der Waals surface area contributed by atoms with Crippen molar-refractivity contribution in [2.24, 2.45) is 11.7 Å². The van der Waals surface area contributed by atoms with E-state index in [0.29, 0.717) is 6.04 Å². The number of piperidine rings is 1. The average molecular weight is 198 g/mol. The summed E-state index contributed by atoms with van der Waals surface area (Å²) in [5, 5.41) is 0. The lowest BCUT2D eigenvalue weighted by Crippen LogP contribution is -2.47. The molecule has 84 valence electrons. The molecule has 0 aromatic rings. The second-order valence-electron chi connectivity index (χ2n) is 4.90. The van der Waals surface area contributed by atoms with E-state index in [1.165, 1.54) is 25.8 Å². The van der Waals surface area contributed by atoms with Crippen molar-refractivity contribution in [3.63, 3.8) is 0 Å². The van der Waals surface area contributed by atoms with Crippen molar-refractivity contribution in [1.29, 1.82) is 0 Å². The van der Waals surface area contributed by atoms with Crippen LogP contribution in [0, 0.1) is 5.92 Å². The first-order valence-corrected chi connectivity index (χ1v) is 6.14. The van der Waals surface area contributed by atoms with Crippen LogP contribution in [-0.4, -0.2) is 30.1 Å². The average Bonchev–Trinajstić information content (AvgIpc) is 2.13. The fourth-order valence-electron chi connectivity index (χ4n) is 2.44. The highest BCUT2D eigenvalue weighted by atomic mass is 15.2. The predicted octanol–water partition coefficient (Wildman–Crippen LogP) is 2.23. The maximum atomic E-state index is 6.08. The topological polar surface area (TPSA) is 29.3 Å². The molecule has 1 saturated heterocycles. The molecular formula is C12H26N2. The Balaban J connectivity index is 2.35. The molecule has 1 heterocycles. The van der Waals surface area contributed by atoms with Crippen LogP contribution in [0.15, 0.2) is 0 Å². The number of hydrogen-bond donors (Lipinski definition) is 1. The van der Waals surface area contributed by atoms with Crippen molar-refractivity contribution < 1.29 is 0 Å². The second kappa shape index (κ2) is 5.72. The van der Waals surface area contributed by atoms with E-state index >= 15 is 0 Å². The van der Waals surface area contributed by atoms with E-state index in [1.807, 2.05) is 0 Å². The van der Waals surface area contributed by atoms with Crippen molar-refractivity contribution in [1.82, 2.24) is 4.90 Å². The Bertz CT molecular complexity index is 158. The Morgan fingerprint density at radius 1 is 1.43 bits per heavy atom. The van der Waals surface area contributed by atoms with E-state index < -0.39 is 0 Å². The third-order valence-corrected chi connectivity index (χ3v) is 3.63. The fourth-order valence-corrected chi connectivity index (χ4v) is 2.44. The van der Waals surface area contributed by atoms with Gasteiger partial charge in [0.05, 0.1) is 0 Å². The largest absolute Gasteiger partial charge is 0.327 e. The Labute approximate surface area is 88.8 Å². The van der Waals surface area contributed by atoms with E-state index in [9.17, 15) is 0 Å². The van der Waals surface area contributed by atoms with E-state index in [-0.39, 0.29) is 0 Å². The van der Waals surface area contributed by atoms with Crippen LogP contribution in [0.3, 0.4) is 0 Å². The number of hydrogen-bond acceptors (Lipinski definition) is 2. The molecule has 3 unspecified atom stereocenters. The van der Waals surface area contributed by atoms with Crippen molar-refractivity contribution in [2.45, 2.75) is 58.5 Å². The van der Waals surface area contributed by atoms with Crippen LogP contribution in [0.25, 0.3) is 0 Å². The molecule has 0 amide bonds. The zero-order chi connectivity index (χ0) is 10.6. The number of likely N-dealkylation sites (tertiary alicyclic amines) is 1. The summed E-state index contributed by atoms with van der Waals surface area (Å²) in [4.78, 5) is 2.58. The van der Waals surface area contributed by atoms with Gasteiger partial charge in [0.25, 0.3) is 0 Å². The standard InChI is InChI=1S/C12H26N2/c1-4-6-12(13)9-14-8-5-7-10(2)11(14)3/h10-12H,4-9,13H2,1-3H3. The first kappa shape index (κ1) is 12.0. The maximum absolute atomic E-state index is 6.08. The van der Waals surface area contributed by atoms with Gasteiger partial charge in [-0.1, -0.05) is 20.3 Å². The van der Waals surface area contributed by atoms with Crippen LogP contribution in [0.4, 0.5) is 0 Å². The lowest BCUT2D eigenvalue weighted by molar-refractivity contribution is 0.106. The highest BCUT2D eigenvalue weighted by molar-refractivity contribution is 4.81. The van der Waals surface area contributed by atoms with Gasteiger partial charge in [0.2, 0.25) is 0 Å². The van der Waals surface area contributed by atoms with Gasteiger partial charge in [-0.05, 0) is 38.6 Å². The van der Waals surface area contributed by atoms with Crippen LogP contribution in [0.2, 0.25) is 0 Å². The van der Waals surface area contributed by atoms with Gasteiger partial charge < -0.3 is 5.73 Å². The van der Waals surface area contributed by atoms with Gasteiger partial charge in [0.1, 0.15) is 0 Å². The zero-order valence-corrected chi connectivity index (χ0v) is 10.00. The molecule has 0 aromatic heterocycles. The molecule has 1 aliphatic heterocycles. The SMILES string of the molecule is CCCC(N)CN1CCCC(C)C1C. The molecule has 14 heavy (non-hydrogen) atoms. The van der Waals surface area contributed by atoms with Gasteiger partial charge in [-0.2, -0.15) is 0 Å². The molecule has 3 atom stereocenters.